The number of halogens is 1. The SMILES string of the molecule is CCCCCC(O)CC1=C(C(Cl)OC)C(=O)[C@H]2O[C@@]2(C/C=C(\C)C(=O)O)[C@H]1O. The Morgan fingerprint density at radius 1 is 1.43 bits per heavy atom. The lowest BCUT2D eigenvalue weighted by molar-refractivity contribution is -0.132. The number of hydrogen-bond donors (Lipinski definition) is 3. The van der Waals surface area contributed by atoms with E-state index in [0.717, 1.165) is 19.3 Å². The quantitative estimate of drug-likeness (QED) is 0.205. The van der Waals surface area contributed by atoms with E-state index in [0.29, 0.717) is 12.0 Å². The Hall–Kier alpha value is -1.25. The summed E-state index contributed by atoms with van der Waals surface area (Å²) in [7, 11) is 1.36. The molecule has 3 N–H and O–H groups in total. The number of carbonyl (C=O) groups is 2. The van der Waals surface area contributed by atoms with Crippen LogP contribution in [0.4, 0.5) is 0 Å². The minimum Gasteiger partial charge on any atom is -0.478 e. The van der Waals surface area contributed by atoms with E-state index in [4.69, 9.17) is 26.2 Å². The van der Waals surface area contributed by atoms with Crippen LogP contribution in [0.3, 0.4) is 0 Å². The second-order valence-electron chi connectivity index (χ2n) is 7.46. The number of rotatable bonds is 11. The van der Waals surface area contributed by atoms with Gasteiger partial charge >= 0.3 is 5.97 Å². The summed E-state index contributed by atoms with van der Waals surface area (Å²) in [5.41, 5.74) is -1.72. The van der Waals surface area contributed by atoms with Gasteiger partial charge in [0.15, 0.2) is 17.5 Å². The molecule has 1 fully saturated rings. The molecule has 8 heteroatoms. The second-order valence-corrected chi connectivity index (χ2v) is 7.86. The first-order chi connectivity index (χ1) is 13.2. The molecule has 28 heavy (non-hydrogen) atoms. The van der Waals surface area contributed by atoms with Crippen LogP contribution >= 0.6 is 11.6 Å². The van der Waals surface area contributed by atoms with Crippen LogP contribution in [0.25, 0.3) is 0 Å². The summed E-state index contributed by atoms with van der Waals surface area (Å²) in [6, 6.07) is 0. The predicted molar refractivity (Wildman–Crippen MR) is 103 cm³/mol. The maximum atomic E-state index is 12.9. The fraction of sp³-hybridized carbons (Fsp3) is 0.700. The molecule has 5 atom stereocenters. The van der Waals surface area contributed by atoms with E-state index in [1.165, 1.54) is 20.1 Å². The first-order valence-corrected chi connectivity index (χ1v) is 10.0. The van der Waals surface area contributed by atoms with Gasteiger partial charge in [-0.1, -0.05) is 43.9 Å². The van der Waals surface area contributed by atoms with Crippen LogP contribution in [0.5, 0.6) is 0 Å². The zero-order chi connectivity index (χ0) is 21.1. The van der Waals surface area contributed by atoms with Gasteiger partial charge in [0.1, 0.15) is 11.7 Å². The zero-order valence-corrected chi connectivity index (χ0v) is 17.2. The van der Waals surface area contributed by atoms with Crippen LogP contribution in [0.15, 0.2) is 22.8 Å². The average molecular weight is 417 g/mol. The van der Waals surface area contributed by atoms with Crippen molar-refractivity contribution in [3.05, 3.63) is 22.8 Å². The van der Waals surface area contributed by atoms with Gasteiger partial charge < -0.3 is 24.8 Å². The molecule has 158 valence electrons. The highest BCUT2D eigenvalue weighted by molar-refractivity contribution is 6.26. The summed E-state index contributed by atoms with van der Waals surface area (Å²) < 4.78 is 10.7. The summed E-state index contributed by atoms with van der Waals surface area (Å²) in [5.74, 6) is -1.46. The van der Waals surface area contributed by atoms with Crippen molar-refractivity contribution in [3.63, 3.8) is 0 Å². The highest BCUT2D eigenvalue weighted by Crippen LogP contribution is 2.52. The van der Waals surface area contributed by atoms with Crippen molar-refractivity contribution in [2.75, 3.05) is 7.11 Å². The van der Waals surface area contributed by atoms with Crippen LogP contribution in [0.2, 0.25) is 0 Å². The Morgan fingerprint density at radius 2 is 2.11 bits per heavy atom. The Balaban J connectivity index is 2.29. The van der Waals surface area contributed by atoms with Crippen LogP contribution in [0.1, 0.15) is 52.4 Å². The molecule has 0 amide bonds. The third-order valence-electron chi connectivity index (χ3n) is 5.46. The molecular formula is C20H29ClO7. The van der Waals surface area contributed by atoms with Gasteiger partial charge in [-0.05, 0) is 25.3 Å². The van der Waals surface area contributed by atoms with Gasteiger partial charge in [0.05, 0.1) is 6.10 Å². The number of aliphatic carboxylic acids is 1. The van der Waals surface area contributed by atoms with E-state index < -0.39 is 35.4 Å². The van der Waals surface area contributed by atoms with E-state index in [1.54, 1.807) is 0 Å². The molecule has 0 radical (unpaired) electrons. The Morgan fingerprint density at radius 3 is 2.68 bits per heavy atom. The number of ketones is 1. The Bertz CT molecular complexity index is 671. The molecule has 0 bridgehead atoms. The van der Waals surface area contributed by atoms with E-state index in [2.05, 4.69) is 6.92 Å². The number of epoxide rings is 1. The summed E-state index contributed by atoms with van der Waals surface area (Å²) in [6.07, 6.45) is 2.16. The van der Waals surface area contributed by atoms with Crippen molar-refractivity contribution in [3.8, 4) is 0 Å². The number of hydrogen-bond acceptors (Lipinski definition) is 6. The molecule has 7 nitrogen and oxygen atoms in total. The minimum absolute atomic E-state index is 0.0748. The number of alkyl halides is 1. The highest BCUT2D eigenvalue weighted by atomic mass is 35.5. The van der Waals surface area contributed by atoms with Crippen molar-refractivity contribution in [1.82, 2.24) is 0 Å². The lowest BCUT2D eigenvalue weighted by atomic mass is 9.76. The molecule has 0 saturated carbocycles. The molecular weight excluding hydrogens is 388 g/mol. The molecule has 1 aliphatic carbocycles. The van der Waals surface area contributed by atoms with Gasteiger partial charge in [0.25, 0.3) is 0 Å². The molecule has 2 aliphatic rings. The van der Waals surface area contributed by atoms with Crippen molar-refractivity contribution in [2.45, 2.75) is 81.8 Å². The molecule has 1 aliphatic heterocycles. The number of aliphatic hydroxyl groups excluding tert-OH is 2. The summed E-state index contributed by atoms with van der Waals surface area (Å²) in [5, 5.41) is 30.4. The van der Waals surface area contributed by atoms with Crippen LogP contribution in [0, 0.1) is 0 Å². The normalized spacial score (nSPS) is 29.5. The molecule has 0 spiro atoms. The molecule has 2 rings (SSSR count). The molecule has 0 aromatic rings. The largest absolute Gasteiger partial charge is 0.478 e. The summed E-state index contributed by atoms with van der Waals surface area (Å²) >= 11 is 6.17. The van der Waals surface area contributed by atoms with Gasteiger partial charge in [0, 0.05) is 24.7 Å². The maximum Gasteiger partial charge on any atom is 0.330 e. The van der Waals surface area contributed by atoms with Crippen molar-refractivity contribution in [1.29, 1.82) is 0 Å². The summed E-state index contributed by atoms with van der Waals surface area (Å²) in [4.78, 5) is 23.9. The number of unbranched alkanes of at least 4 members (excludes halogenated alkanes) is 2. The first kappa shape index (κ1) is 23.0. The van der Waals surface area contributed by atoms with E-state index in [1.807, 2.05) is 0 Å². The topological polar surface area (TPSA) is 117 Å². The number of Topliss-reactive ketones (excluding diaryl/α,β-unsaturated/α-hetero) is 1. The van der Waals surface area contributed by atoms with Gasteiger partial charge in [-0.15, -0.1) is 0 Å². The number of carboxylic acids is 1. The van der Waals surface area contributed by atoms with Gasteiger partial charge in [-0.2, -0.15) is 0 Å². The average Bonchev–Trinajstić information content (AvgIpc) is 3.40. The van der Waals surface area contributed by atoms with Crippen LogP contribution in [-0.2, 0) is 19.1 Å². The monoisotopic (exact) mass is 416 g/mol. The third kappa shape index (κ3) is 4.66. The smallest absolute Gasteiger partial charge is 0.330 e. The standard InChI is InChI=1S/C20H29ClO7/c1-4-5-6-7-12(22)10-13-14(18(21)27-3)15(23)17-20(28-17,16(13)24)9-8-11(2)19(25)26/h8,12,16-18,22,24H,4-7,9-10H2,1-3H3,(H,25,26)/b11-8+/t12?,16-,17+,18?,20-/m0/s1. The zero-order valence-electron chi connectivity index (χ0n) is 16.5. The molecule has 0 aromatic heterocycles. The number of methoxy groups -OCH3 is 1. The third-order valence-corrected chi connectivity index (χ3v) is 5.86. The fourth-order valence-corrected chi connectivity index (χ4v) is 3.91. The number of aliphatic hydroxyl groups is 2. The van der Waals surface area contributed by atoms with Gasteiger partial charge in [0.2, 0.25) is 0 Å². The van der Waals surface area contributed by atoms with Crippen molar-refractivity contribution >= 4 is 23.4 Å². The second kappa shape index (κ2) is 9.50. The van der Waals surface area contributed by atoms with Gasteiger partial charge in [-0.25, -0.2) is 4.79 Å². The number of fused-ring (bicyclic) bond motifs is 1. The molecule has 1 saturated heterocycles. The first-order valence-electron chi connectivity index (χ1n) is 9.57. The number of ether oxygens (including phenoxy) is 2. The lowest BCUT2D eigenvalue weighted by Crippen LogP contribution is -2.44. The van der Waals surface area contributed by atoms with Gasteiger partial charge in [-0.3, -0.25) is 4.79 Å². The molecule has 2 unspecified atom stereocenters. The van der Waals surface area contributed by atoms with E-state index >= 15 is 0 Å². The van der Waals surface area contributed by atoms with E-state index in [-0.39, 0.29) is 29.8 Å². The molecule has 1 heterocycles. The van der Waals surface area contributed by atoms with Crippen LogP contribution in [-0.4, -0.2) is 63.7 Å². The van der Waals surface area contributed by atoms with Crippen LogP contribution < -0.4 is 0 Å². The fourth-order valence-electron chi connectivity index (χ4n) is 3.66. The number of carboxylic acid groups (broad SMARTS) is 1. The van der Waals surface area contributed by atoms with E-state index in [9.17, 15) is 19.8 Å². The summed E-state index contributed by atoms with van der Waals surface area (Å²) in [6.45, 7) is 3.50. The predicted octanol–water partition coefficient (Wildman–Crippen LogP) is 2.33. The Labute approximate surface area is 170 Å². The minimum atomic E-state index is -1.21. The van der Waals surface area contributed by atoms with Crippen molar-refractivity contribution < 1.29 is 34.4 Å². The Kier molecular flexibility index (Phi) is 7.81. The number of carbonyl (C=O) groups excluding carboxylic acids is 1. The highest BCUT2D eigenvalue weighted by Gasteiger charge is 2.68. The van der Waals surface area contributed by atoms with Crippen molar-refractivity contribution in [2.24, 2.45) is 0 Å². The maximum absolute atomic E-state index is 12.9. The molecule has 0 aromatic carbocycles. The lowest BCUT2D eigenvalue weighted by Gasteiger charge is -2.30.